The van der Waals surface area contributed by atoms with Crippen LogP contribution in [0.5, 0.6) is 0 Å². The Kier molecular flexibility index (Phi) is 10.2. The van der Waals surface area contributed by atoms with Crippen molar-refractivity contribution in [3.8, 4) is 0 Å². The Morgan fingerprint density at radius 2 is 1.62 bits per heavy atom. The van der Waals surface area contributed by atoms with Crippen LogP contribution in [0.1, 0.15) is 40.0 Å². The molecule has 0 spiro atoms. The number of aliphatic hydroxyl groups is 1. The highest BCUT2D eigenvalue weighted by molar-refractivity contribution is 5.91. The van der Waals surface area contributed by atoms with Gasteiger partial charge in [-0.25, -0.2) is 4.79 Å². The summed E-state index contributed by atoms with van der Waals surface area (Å²) in [6.45, 7) is 5.15. The number of carbonyl (C=O) groups excluding carboxylic acids is 2. The first-order valence-electron chi connectivity index (χ1n) is 8.09. The van der Waals surface area contributed by atoms with Gasteiger partial charge in [0, 0.05) is 0 Å². The van der Waals surface area contributed by atoms with Gasteiger partial charge in [0.2, 0.25) is 11.8 Å². The molecule has 0 rings (SSSR count). The lowest BCUT2D eigenvalue weighted by molar-refractivity contribution is -0.143. The van der Waals surface area contributed by atoms with E-state index in [1.54, 1.807) is 13.8 Å². The SMILES string of the molecule is CC(C)C(NC(=O)C(CCCCN)NC(=O)C(N)C(C)O)C(=O)O. The number of amides is 2. The maximum atomic E-state index is 12.4. The Morgan fingerprint density at radius 1 is 1.04 bits per heavy atom. The normalized spacial score (nSPS) is 16.1. The number of rotatable bonds is 11. The van der Waals surface area contributed by atoms with Gasteiger partial charge in [0.05, 0.1) is 6.10 Å². The molecule has 0 aromatic carbocycles. The molecule has 0 bridgehead atoms. The van der Waals surface area contributed by atoms with Gasteiger partial charge in [-0.2, -0.15) is 0 Å². The molecule has 0 saturated heterocycles. The maximum Gasteiger partial charge on any atom is 0.326 e. The summed E-state index contributed by atoms with van der Waals surface area (Å²) >= 11 is 0. The fourth-order valence-electron chi connectivity index (χ4n) is 2.02. The van der Waals surface area contributed by atoms with Crippen LogP contribution in [0.15, 0.2) is 0 Å². The van der Waals surface area contributed by atoms with Gasteiger partial charge >= 0.3 is 5.97 Å². The molecule has 0 aromatic heterocycles. The van der Waals surface area contributed by atoms with E-state index in [0.717, 1.165) is 0 Å². The van der Waals surface area contributed by atoms with Crippen LogP contribution in [-0.2, 0) is 14.4 Å². The molecule has 0 heterocycles. The van der Waals surface area contributed by atoms with Gasteiger partial charge in [-0.05, 0) is 38.6 Å². The number of carboxylic acid groups (broad SMARTS) is 1. The van der Waals surface area contributed by atoms with Crippen LogP contribution in [0, 0.1) is 5.92 Å². The van der Waals surface area contributed by atoms with Crippen LogP contribution in [0.25, 0.3) is 0 Å². The summed E-state index contributed by atoms with van der Waals surface area (Å²) in [5.41, 5.74) is 11.0. The van der Waals surface area contributed by atoms with E-state index in [9.17, 15) is 19.5 Å². The van der Waals surface area contributed by atoms with Crippen molar-refractivity contribution < 1.29 is 24.6 Å². The highest BCUT2D eigenvalue weighted by Crippen LogP contribution is 2.06. The van der Waals surface area contributed by atoms with Crippen molar-refractivity contribution in [3.05, 3.63) is 0 Å². The molecule has 0 saturated carbocycles. The van der Waals surface area contributed by atoms with Crippen molar-refractivity contribution in [2.45, 2.75) is 64.3 Å². The molecule has 9 heteroatoms. The van der Waals surface area contributed by atoms with Crippen LogP contribution in [0.3, 0.4) is 0 Å². The quantitative estimate of drug-likeness (QED) is 0.248. The first-order chi connectivity index (χ1) is 11.1. The second-order valence-electron chi connectivity index (χ2n) is 6.18. The van der Waals surface area contributed by atoms with Crippen molar-refractivity contribution in [2.24, 2.45) is 17.4 Å². The molecular weight excluding hydrogens is 316 g/mol. The summed E-state index contributed by atoms with van der Waals surface area (Å²) in [4.78, 5) is 35.5. The third kappa shape index (κ3) is 7.71. The Morgan fingerprint density at radius 3 is 2.04 bits per heavy atom. The number of unbranched alkanes of at least 4 members (excludes halogenated alkanes) is 1. The monoisotopic (exact) mass is 346 g/mol. The minimum absolute atomic E-state index is 0.297. The topological polar surface area (TPSA) is 168 Å². The molecule has 9 nitrogen and oxygen atoms in total. The number of aliphatic hydroxyl groups excluding tert-OH is 1. The van der Waals surface area contributed by atoms with E-state index in [0.29, 0.717) is 25.8 Å². The average molecular weight is 346 g/mol. The first kappa shape index (κ1) is 22.3. The zero-order valence-corrected chi connectivity index (χ0v) is 14.5. The molecule has 140 valence electrons. The number of hydrogen-bond donors (Lipinski definition) is 6. The summed E-state index contributed by atoms with van der Waals surface area (Å²) in [6.07, 6.45) is 0.471. The van der Waals surface area contributed by atoms with Crippen molar-refractivity contribution >= 4 is 17.8 Å². The van der Waals surface area contributed by atoms with Gasteiger partial charge in [0.25, 0.3) is 0 Å². The highest BCUT2D eigenvalue weighted by Gasteiger charge is 2.30. The Labute approximate surface area is 142 Å². The third-order valence-electron chi connectivity index (χ3n) is 3.63. The lowest BCUT2D eigenvalue weighted by Gasteiger charge is -2.24. The van der Waals surface area contributed by atoms with Crippen LogP contribution in [-0.4, -0.2) is 58.8 Å². The Balaban J connectivity index is 5.00. The van der Waals surface area contributed by atoms with Crippen molar-refractivity contribution in [1.82, 2.24) is 10.6 Å². The number of nitrogens with one attached hydrogen (secondary N) is 2. The molecule has 8 N–H and O–H groups in total. The molecule has 24 heavy (non-hydrogen) atoms. The zero-order valence-electron chi connectivity index (χ0n) is 14.5. The molecule has 0 aliphatic heterocycles. The van der Waals surface area contributed by atoms with Crippen LogP contribution in [0.2, 0.25) is 0 Å². The van der Waals surface area contributed by atoms with Crippen molar-refractivity contribution in [1.29, 1.82) is 0 Å². The molecule has 0 aliphatic carbocycles. The molecule has 4 atom stereocenters. The van der Waals surface area contributed by atoms with Crippen LogP contribution >= 0.6 is 0 Å². The van der Waals surface area contributed by atoms with Gasteiger partial charge in [-0.1, -0.05) is 13.8 Å². The fraction of sp³-hybridized carbons (Fsp3) is 0.800. The van der Waals surface area contributed by atoms with E-state index in [2.05, 4.69) is 10.6 Å². The van der Waals surface area contributed by atoms with E-state index in [1.165, 1.54) is 6.92 Å². The van der Waals surface area contributed by atoms with Gasteiger partial charge in [-0.3, -0.25) is 9.59 Å². The second kappa shape index (κ2) is 11.0. The molecule has 0 fully saturated rings. The van der Waals surface area contributed by atoms with Gasteiger partial charge < -0.3 is 32.3 Å². The van der Waals surface area contributed by atoms with E-state index >= 15 is 0 Å². The zero-order chi connectivity index (χ0) is 18.9. The fourth-order valence-corrected chi connectivity index (χ4v) is 2.02. The van der Waals surface area contributed by atoms with Crippen molar-refractivity contribution in [3.63, 3.8) is 0 Å². The minimum atomic E-state index is -1.17. The molecule has 0 aliphatic rings. The van der Waals surface area contributed by atoms with Gasteiger partial charge in [0.1, 0.15) is 18.1 Å². The number of nitrogens with two attached hydrogens (primary N) is 2. The average Bonchev–Trinajstić information content (AvgIpc) is 2.49. The summed E-state index contributed by atoms with van der Waals surface area (Å²) < 4.78 is 0. The van der Waals surface area contributed by atoms with E-state index in [-0.39, 0.29) is 5.92 Å². The van der Waals surface area contributed by atoms with Crippen molar-refractivity contribution in [2.75, 3.05) is 6.54 Å². The number of carboxylic acids is 1. The molecule has 2 amide bonds. The summed E-state index contributed by atoms with van der Waals surface area (Å²) in [7, 11) is 0. The smallest absolute Gasteiger partial charge is 0.326 e. The number of aliphatic carboxylic acids is 1. The second-order valence-corrected chi connectivity index (χ2v) is 6.18. The largest absolute Gasteiger partial charge is 0.480 e. The van der Waals surface area contributed by atoms with Crippen LogP contribution < -0.4 is 22.1 Å². The van der Waals surface area contributed by atoms with E-state index < -0.39 is 42.0 Å². The summed E-state index contributed by atoms with van der Waals surface area (Å²) in [6, 6.07) is -3.17. The lowest BCUT2D eigenvalue weighted by Crippen LogP contribution is -2.56. The maximum absolute atomic E-state index is 12.4. The highest BCUT2D eigenvalue weighted by atomic mass is 16.4. The molecular formula is C15H30N4O5. The molecule has 0 aromatic rings. The standard InChI is InChI=1S/C15H30N4O5/c1-8(2)12(15(23)24)19-13(21)10(6-4-5-7-16)18-14(22)11(17)9(3)20/h8-12,20H,4-7,16-17H2,1-3H3,(H,18,22)(H,19,21)(H,23,24). The Bertz CT molecular complexity index is 428. The summed E-state index contributed by atoms with van der Waals surface area (Å²) in [5, 5.41) is 23.4. The number of carbonyl (C=O) groups is 3. The third-order valence-corrected chi connectivity index (χ3v) is 3.63. The predicted molar refractivity (Wildman–Crippen MR) is 88.9 cm³/mol. The van der Waals surface area contributed by atoms with E-state index in [4.69, 9.17) is 16.6 Å². The van der Waals surface area contributed by atoms with Crippen LogP contribution in [0.4, 0.5) is 0 Å². The lowest BCUT2D eigenvalue weighted by atomic mass is 10.0. The minimum Gasteiger partial charge on any atom is -0.480 e. The predicted octanol–water partition coefficient (Wildman–Crippen LogP) is -1.47. The first-order valence-corrected chi connectivity index (χ1v) is 8.09. The Hall–Kier alpha value is -1.71. The molecule has 4 unspecified atom stereocenters. The summed E-state index contributed by atoms with van der Waals surface area (Å²) in [5.74, 6) is -2.73. The van der Waals surface area contributed by atoms with Gasteiger partial charge in [-0.15, -0.1) is 0 Å². The van der Waals surface area contributed by atoms with Gasteiger partial charge in [0.15, 0.2) is 0 Å². The number of hydrogen-bond acceptors (Lipinski definition) is 6. The molecule has 0 radical (unpaired) electrons. The van der Waals surface area contributed by atoms with E-state index in [1.807, 2.05) is 0 Å².